The maximum Gasteiger partial charge on any atom is 0.236 e. The summed E-state index contributed by atoms with van der Waals surface area (Å²) >= 11 is 0. The molecule has 0 radical (unpaired) electrons. The van der Waals surface area contributed by atoms with Crippen LogP contribution in [0.15, 0.2) is 0 Å². The van der Waals surface area contributed by atoms with Crippen LogP contribution in [0.4, 0.5) is 0 Å². The van der Waals surface area contributed by atoms with E-state index in [4.69, 9.17) is 0 Å². The lowest BCUT2D eigenvalue weighted by atomic mass is 9.89. The summed E-state index contributed by atoms with van der Waals surface area (Å²) in [6, 6.07) is 0. The van der Waals surface area contributed by atoms with Gasteiger partial charge in [-0.25, -0.2) is 0 Å². The van der Waals surface area contributed by atoms with E-state index in [1.165, 1.54) is 0 Å². The first kappa shape index (κ1) is 15.0. The van der Waals surface area contributed by atoms with E-state index in [1.54, 1.807) is 11.9 Å². The van der Waals surface area contributed by atoms with Crippen molar-refractivity contribution in [3.8, 4) is 0 Å². The number of amides is 2. The van der Waals surface area contributed by atoms with Crippen LogP contribution < -0.4 is 10.6 Å². The highest BCUT2D eigenvalue weighted by Gasteiger charge is 2.41. The van der Waals surface area contributed by atoms with Crippen LogP contribution in [-0.4, -0.2) is 48.9 Å². The first-order chi connectivity index (χ1) is 8.18. The minimum absolute atomic E-state index is 0.0154. The minimum Gasteiger partial charge on any atom is -0.359 e. The summed E-state index contributed by atoms with van der Waals surface area (Å²) in [4.78, 5) is 25.6. The Morgan fingerprint density at radius 2 is 1.94 bits per heavy atom. The van der Waals surface area contributed by atoms with Crippen LogP contribution in [-0.2, 0) is 9.59 Å². The van der Waals surface area contributed by atoms with Crippen LogP contribution in [0.3, 0.4) is 0 Å². The largest absolute Gasteiger partial charge is 0.359 e. The zero-order valence-electron chi connectivity index (χ0n) is 12.1. The number of likely N-dealkylation sites (tertiary alicyclic amines) is 1. The van der Waals surface area contributed by atoms with E-state index in [0.717, 1.165) is 6.42 Å². The molecule has 1 rings (SSSR count). The average Bonchev–Trinajstić information content (AvgIpc) is 2.68. The molecule has 2 N–H and O–H groups in total. The van der Waals surface area contributed by atoms with Gasteiger partial charge in [-0.05, 0) is 34.1 Å². The van der Waals surface area contributed by atoms with Crippen LogP contribution in [0, 0.1) is 5.41 Å². The zero-order chi connectivity index (χ0) is 14.0. The van der Waals surface area contributed by atoms with Crippen LogP contribution in [0.2, 0.25) is 0 Å². The second-order valence-electron chi connectivity index (χ2n) is 6.31. The summed E-state index contributed by atoms with van der Waals surface area (Å²) in [6.07, 6.45) is 0.730. The van der Waals surface area contributed by atoms with Crippen LogP contribution in [0.5, 0.6) is 0 Å². The van der Waals surface area contributed by atoms with Gasteiger partial charge in [0.25, 0.3) is 0 Å². The van der Waals surface area contributed by atoms with Gasteiger partial charge in [0.2, 0.25) is 11.8 Å². The highest BCUT2D eigenvalue weighted by Crippen LogP contribution is 2.29. The second kappa shape index (κ2) is 5.26. The Morgan fingerprint density at radius 1 is 1.33 bits per heavy atom. The SMILES string of the molecule is CNC(=O)C1(C)CCN(C(=O)CNC(C)(C)C)C1. The third kappa shape index (κ3) is 3.70. The number of carbonyl (C=O) groups is 2. The number of nitrogens with zero attached hydrogens (tertiary/aromatic N) is 1. The highest BCUT2D eigenvalue weighted by atomic mass is 16.2. The predicted octanol–water partition coefficient (Wildman–Crippen LogP) is 0.359. The first-order valence-electron chi connectivity index (χ1n) is 6.43. The molecule has 5 nitrogen and oxygen atoms in total. The Morgan fingerprint density at radius 3 is 2.44 bits per heavy atom. The Hall–Kier alpha value is -1.10. The Kier molecular flexibility index (Phi) is 4.37. The van der Waals surface area contributed by atoms with E-state index in [2.05, 4.69) is 10.6 Å². The third-order valence-electron chi connectivity index (χ3n) is 3.37. The van der Waals surface area contributed by atoms with Gasteiger partial charge in [0.1, 0.15) is 0 Å². The van der Waals surface area contributed by atoms with E-state index >= 15 is 0 Å². The van der Waals surface area contributed by atoms with Gasteiger partial charge >= 0.3 is 0 Å². The molecular weight excluding hydrogens is 230 g/mol. The van der Waals surface area contributed by atoms with Crippen molar-refractivity contribution in [2.45, 2.75) is 39.7 Å². The zero-order valence-corrected chi connectivity index (χ0v) is 12.1. The van der Waals surface area contributed by atoms with Crippen LogP contribution in [0.25, 0.3) is 0 Å². The fraction of sp³-hybridized carbons (Fsp3) is 0.846. The van der Waals surface area contributed by atoms with E-state index in [9.17, 15) is 9.59 Å². The average molecular weight is 255 g/mol. The summed E-state index contributed by atoms with van der Waals surface area (Å²) in [5.74, 6) is 0.0825. The third-order valence-corrected chi connectivity index (χ3v) is 3.37. The summed E-state index contributed by atoms with van der Waals surface area (Å²) in [7, 11) is 1.64. The second-order valence-corrected chi connectivity index (χ2v) is 6.31. The molecule has 0 saturated carbocycles. The van der Waals surface area contributed by atoms with Gasteiger partial charge in [-0.3, -0.25) is 9.59 Å². The molecule has 5 heteroatoms. The van der Waals surface area contributed by atoms with Crippen molar-refractivity contribution in [2.24, 2.45) is 5.41 Å². The molecule has 0 aromatic heterocycles. The molecule has 0 spiro atoms. The molecule has 1 aliphatic rings. The molecule has 0 aromatic rings. The number of carbonyl (C=O) groups excluding carboxylic acids is 2. The van der Waals surface area contributed by atoms with Crippen molar-refractivity contribution >= 4 is 11.8 Å². The molecule has 104 valence electrons. The van der Waals surface area contributed by atoms with Gasteiger partial charge in [0.15, 0.2) is 0 Å². The monoisotopic (exact) mass is 255 g/mol. The highest BCUT2D eigenvalue weighted by molar-refractivity contribution is 5.85. The standard InChI is InChI=1S/C13H25N3O2/c1-12(2,3)15-8-10(17)16-7-6-13(4,9-16)11(18)14-5/h15H,6-9H2,1-5H3,(H,14,18). The van der Waals surface area contributed by atoms with Crippen molar-refractivity contribution < 1.29 is 9.59 Å². The van der Waals surface area contributed by atoms with Crippen molar-refractivity contribution in [1.29, 1.82) is 0 Å². The molecule has 1 heterocycles. The van der Waals surface area contributed by atoms with Crippen LogP contribution in [0.1, 0.15) is 34.1 Å². The normalized spacial score (nSPS) is 24.2. The summed E-state index contributed by atoms with van der Waals surface area (Å²) in [6.45, 7) is 9.49. The molecule has 18 heavy (non-hydrogen) atoms. The van der Waals surface area contributed by atoms with Crippen molar-refractivity contribution in [3.05, 3.63) is 0 Å². The molecule has 1 unspecified atom stereocenters. The van der Waals surface area contributed by atoms with Gasteiger partial charge in [0, 0.05) is 25.7 Å². The molecule has 0 aliphatic carbocycles. The van der Waals surface area contributed by atoms with Crippen LogP contribution >= 0.6 is 0 Å². The molecule has 1 fully saturated rings. The quantitative estimate of drug-likeness (QED) is 0.765. The van der Waals surface area contributed by atoms with Crippen molar-refractivity contribution in [2.75, 3.05) is 26.7 Å². The van der Waals surface area contributed by atoms with Gasteiger partial charge in [-0.2, -0.15) is 0 Å². The van der Waals surface area contributed by atoms with Gasteiger partial charge in [0.05, 0.1) is 12.0 Å². The molecule has 0 bridgehead atoms. The fourth-order valence-electron chi connectivity index (χ4n) is 2.11. The Bertz CT molecular complexity index is 336. The Balaban J connectivity index is 2.51. The molecular formula is C13H25N3O2. The topological polar surface area (TPSA) is 61.4 Å². The summed E-state index contributed by atoms with van der Waals surface area (Å²) in [5.41, 5.74) is -0.508. The molecule has 1 aliphatic heterocycles. The van der Waals surface area contributed by atoms with Gasteiger partial charge in [-0.15, -0.1) is 0 Å². The van der Waals surface area contributed by atoms with Gasteiger partial charge in [-0.1, -0.05) is 0 Å². The predicted molar refractivity (Wildman–Crippen MR) is 71.1 cm³/mol. The minimum atomic E-state index is -0.438. The number of hydrogen-bond donors (Lipinski definition) is 2. The van der Waals surface area contributed by atoms with E-state index < -0.39 is 5.41 Å². The van der Waals surface area contributed by atoms with E-state index in [0.29, 0.717) is 19.6 Å². The van der Waals surface area contributed by atoms with Crippen molar-refractivity contribution in [1.82, 2.24) is 15.5 Å². The maximum atomic E-state index is 12.0. The van der Waals surface area contributed by atoms with E-state index in [1.807, 2.05) is 27.7 Å². The van der Waals surface area contributed by atoms with E-state index in [-0.39, 0.29) is 17.4 Å². The number of rotatable bonds is 3. The fourth-order valence-corrected chi connectivity index (χ4v) is 2.11. The number of hydrogen-bond acceptors (Lipinski definition) is 3. The lowest BCUT2D eigenvalue weighted by Crippen LogP contribution is -2.46. The molecule has 2 amide bonds. The number of nitrogens with one attached hydrogen (secondary N) is 2. The molecule has 1 atom stereocenters. The lowest BCUT2D eigenvalue weighted by Gasteiger charge is -2.25. The first-order valence-corrected chi connectivity index (χ1v) is 6.43. The lowest BCUT2D eigenvalue weighted by molar-refractivity contribution is -0.132. The summed E-state index contributed by atoms with van der Waals surface area (Å²) in [5, 5.41) is 5.85. The Labute approximate surface area is 109 Å². The molecule has 1 saturated heterocycles. The van der Waals surface area contributed by atoms with Crippen molar-refractivity contribution in [3.63, 3.8) is 0 Å². The maximum absolute atomic E-state index is 12.0. The summed E-state index contributed by atoms with van der Waals surface area (Å²) < 4.78 is 0. The molecule has 0 aromatic carbocycles. The van der Waals surface area contributed by atoms with Gasteiger partial charge < -0.3 is 15.5 Å². The smallest absolute Gasteiger partial charge is 0.236 e.